The number of hydrogen-bond acceptors (Lipinski definition) is 2. The standard InChI is InChI=1S/C16H21Cl2N5.HI/c1-2-19-16(21-11-14-7-9-22-23-14)20-8-3-4-12-5-6-13(17)10-15(12)18;/h5-7,9-10H,2-4,8,11H2,1H3,(H,22,23)(H2,19,20,21);1H. The van der Waals surface area contributed by atoms with Gasteiger partial charge in [-0.1, -0.05) is 29.3 Å². The van der Waals surface area contributed by atoms with Gasteiger partial charge in [0, 0.05) is 29.3 Å². The van der Waals surface area contributed by atoms with Crippen LogP contribution in [0, 0.1) is 0 Å². The summed E-state index contributed by atoms with van der Waals surface area (Å²) in [4.78, 5) is 4.51. The average Bonchev–Trinajstić information content (AvgIpc) is 3.04. The summed E-state index contributed by atoms with van der Waals surface area (Å²) in [6.45, 7) is 4.24. The monoisotopic (exact) mass is 481 g/mol. The summed E-state index contributed by atoms with van der Waals surface area (Å²) in [7, 11) is 0. The topological polar surface area (TPSA) is 65.1 Å². The fraction of sp³-hybridized carbons (Fsp3) is 0.375. The summed E-state index contributed by atoms with van der Waals surface area (Å²) in [6, 6.07) is 7.53. The zero-order chi connectivity index (χ0) is 16.5. The van der Waals surface area contributed by atoms with Crippen LogP contribution in [0.25, 0.3) is 0 Å². The minimum absolute atomic E-state index is 0. The zero-order valence-electron chi connectivity index (χ0n) is 13.5. The van der Waals surface area contributed by atoms with Crippen molar-refractivity contribution < 1.29 is 0 Å². The molecule has 0 saturated heterocycles. The van der Waals surface area contributed by atoms with Gasteiger partial charge in [-0.15, -0.1) is 24.0 Å². The summed E-state index contributed by atoms with van der Waals surface area (Å²) in [5.74, 6) is 0.796. The number of hydrogen-bond donors (Lipinski definition) is 3. The largest absolute Gasteiger partial charge is 0.357 e. The number of nitrogens with one attached hydrogen (secondary N) is 3. The minimum Gasteiger partial charge on any atom is -0.357 e. The molecule has 0 aliphatic rings. The van der Waals surface area contributed by atoms with Crippen LogP contribution in [-0.2, 0) is 13.0 Å². The van der Waals surface area contributed by atoms with Crippen LogP contribution < -0.4 is 10.6 Å². The summed E-state index contributed by atoms with van der Waals surface area (Å²) in [6.07, 6.45) is 3.57. The Hall–Kier alpha value is -0.990. The second kappa shape index (κ2) is 11.5. The van der Waals surface area contributed by atoms with Gasteiger partial charge in [0.15, 0.2) is 5.96 Å². The summed E-state index contributed by atoms with van der Waals surface area (Å²) >= 11 is 12.1. The van der Waals surface area contributed by atoms with E-state index in [0.717, 1.165) is 48.2 Å². The van der Waals surface area contributed by atoms with Gasteiger partial charge in [0.05, 0.1) is 12.2 Å². The second-order valence-corrected chi connectivity index (χ2v) is 5.89. The maximum Gasteiger partial charge on any atom is 0.191 e. The van der Waals surface area contributed by atoms with Gasteiger partial charge in [-0.05, 0) is 43.5 Å². The van der Waals surface area contributed by atoms with Crippen LogP contribution in [0.15, 0.2) is 35.5 Å². The third-order valence-corrected chi connectivity index (χ3v) is 3.83. The predicted octanol–water partition coefficient (Wildman–Crippen LogP) is 4.02. The number of aryl methyl sites for hydroxylation is 1. The highest BCUT2D eigenvalue weighted by atomic mass is 127. The first-order chi connectivity index (χ1) is 11.2. The van der Waals surface area contributed by atoms with E-state index in [1.54, 1.807) is 12.3 Å². The van der Waals surface area contributed by atoms with E-state index >= 15 is 0 Å². The summed E-state index contributed by atoms with van der Waals surface area (Å²) < 4.78 is 0. The molecule has 1 heterocycles. The summed E-state index contributed by atoms with van der Waals surface area (Å²) in [5, 5.41) is 14.7. The van der Waals surface area contributed by atoms with Crippen molar-refractivity contribution in [1.82, 2.24) is 20.8 Å². The molecule has 0 fully saturated rings. The van der Waals surface area contributed by atoms with E-state index in [2.05, 4.69) is 25.8 Å². The molecule has 0 bridgehead atoms. The second-order valence-electron chi connectivity index (χ2n) is 5.04. The van der Waals surface area contributed by atoms with Crippen LogP contribution in [0.2, 0.25) is 10.0 Å². The lowest BCUT2D eigenvalue weighted by Gasteiger charge is -2.11. The molecule has 3 N–H and O–H groups in total. The number of halogens is 3. The van der Waals surface area contributed by atoms with E-state index in [1.165, 1.54) is 0 Å². The Morgan fingerprint density at radius 1 is 1.25 bits per heavy atom. The van der Waals surface area contributed by atoms with Crippen LogP contribution >= 0.6 is 47.2 Å². The van der Waals surface area contributed by atoms with Crippen molar-refractivity contribution >= 4 is 53.1 Å². The van der Waals surface area contributed by atoms with Crippen molar-refractivity contribution in [2.75, 3.05) is 13.1 Å². The number of rotatable bonds is 7. The van der Waals surface area contributed by atoms with Gasteiger partial charge in [0.25, 0.3) is 0 Å². The van der Waals surface area contributed by atoms with Gasteiger partial charge < -0.3 is 10.6 Å². The Balaban J connectivity index is 0.00000288. The van der Waals surface area contributed by atoms with E-state index in [-0.39, 0.29) is 24.0 Å². The molecular formula is C16H22Cl2IN5. The molecule has 0 amide bonds. The Bertz CT molecular complexity index is 631. The Morgan fingerprint density at radius 3 is 2.75 bits per heavy atom. The third kappa shape index (κ3) is 7.27. The molecule has 0 spiro atoms. The lowest BCUT2D eigenvalue weighted by molar-refractivity contribution is 0.742. The number of benzene rings is 1. The normalized spacial score (nSPS) is 11.0. The first kappa shape index (κ1) is 21.1. The smallest absolute Gasteiger partial charge is 0.191 e. The van der Waals surface area contributed by atoms with E-state index in [0.29, 0.717) is 11.6 Å². The maximum atomic E-state index is 6.18. The van der Waals surface area contributed by atoms with Gasteiger partial charge in [-0.3, -0.25) is 5.10 Å². The first-order valence-corrected chi connectivity index (χ1v) is 8.39. The molecule has 0 saturated carbocycles. The van der Waals surface area contributed by atoms with Gasteiger partial charge >= 0.3 is 0 Å². The molecular weight excluding hydrogens is 460 g/mol. The molecule has 2 aromatic rings. The number of aliphatic imine (C=N–C) groups is 1. The first-order valence-electron chi connectivity index (χ1n) is 7.63. The number of aromatic amines is 1. The maximum absolute atomic E-state index is 6.18. The molecule has 0 atom stereocenters. The number of H-pyrrole nitrogens is 1. The molecule has 5 nitrogen and oxygen atoms in total. The van der Waals surface area contributed by atoms with Crippen molar-refractivity contribution in [3.63, 3.8) is 0 Å². The van der Waals surface area contributed by atoms with Crippen molar-refractivity contribution in [2.45, 2.75) is 26.3 Å². The van der Waals surface area contributed by atoms with Gasteiger partial charge in [-0.25, -0.2) is 4.99 Å². The SMILES string of the molecule is CCNC(=NCc1ccn[nH]1)NCCCc1ccc(Cl)cc1Cl.I. The lowest BCUT2D eigenvalue weighted by Crippen LogP contribution is -2.37. The van der Waals surface area contributed by atoms with Crippen LogP contribution in [0.3, 0.4) is 0 Å². The highest BCUT2D eigenvalue weighted by Gasteiger charge is 2.02. The molecule has 0 radical (unpaired) electrons. The van der Waals surface area contributed by atoms with E-state index in [1.807, 2.05) is 25.1 Å². The summed E-state index contributed by atoms with van der Waals surface area (Å²) in [5.41, 5.74) is 2.09. The van der Waals surface area contributed by atoms with E-state index in [9.17, 15) is 0 Å². The Kier molecular flexibility index (Phi) is 10.1. The number of nitrogens with zero attached hydrogens (tertiary/aromatic N) is 2. The van der Waals surface area contributed by atoms with Crippen molar-refractivity contribution in [3.05, 3.63) is 51.8 Å². The van der Waals surface area contributed by atoms with Crippen molar-refractivity contribution in [3.8, 4) is 0 Å². The third-order valence-electron chi connectivity index (χ3n) is 3.24. The highest BCUT2D eigenvalue weighted by molar-refractivity contribution is 14.0. The fourth-order valence-corrected chi connectivity index (χ4v) is 2.59. The van der Waals surface area contributed by atoms with Gasteiger partial charge in [0.2, 0.25) is 0 Å². The van der Waals surface area contributed by atoms with E-state index < -0.39 is 0 Å². The molecule has 132 valence electrons. The fourth-order valence-electron chi connectivity index (χ4n) is 2.09. The van der Waals surface area contributed by atoms with Crippen LogP contribution in [0.5, 0.6) is 0 Å². The van der Waals surface area contributed by atoms with Gasteiger partial charge in [0.1, 0.15) is 0 Å². The Morgan fingerprint density at radius 2 is 2.08 bits per heavy atom. The molecule has 0 aliphatic carbocycles. The van der Waals surface area contributed by atoms with E-state index in [4.69, 9.17) is 23.2 Å². The number of aromatic nitrogens is 2. The van der Waals surface area contributed by atoms with Crippen LogP contribution in [0.4, 0.5) is 0 Å². The lowest BCUT2D eigenvalue weighted by atomic mass is 10.1. The van der Waals surface area contributed by atoms with Crippen LogP contribution in [0.1, 0.15) is 24.6 Å². The highest BCUT2D eigenvalue weighted by Crippen LogP contribution is 2.21. The quantitative estimate of drug-likeness (QED) is 0.242. The van der Waals surface area contributed by atoms with Crippen molar-refractivity contribution in [2.24, 2.45) is 4.99 Å². The molecule has 2 rings (SSSR count). The van der Waals surface area contributed by atoms with Crippen LogP contribution in [-0.4, -0.2) is 29.2 Å². The molecule has 24 heavy (non-hydrogen) atoms. The number of guanidine groups is 1. The Labute approximate surface area is 169 Å². The molecule has 8 heteroatoms. The molecule has 1 aromatic heterocycles. The predicted molar refractivity (Wildman–Crippen MR) is 112 cm³/mol. The van der Waals surface area contributed by atoms with Crippen molar-refractivity contribution in [1.29, 1.82) is 0 Å². The molecule has 1 aromatic carbocycles. The molecule has 0 aliphatic heterocycles. The molecule has 0 unspecified atom stereocenters. The average molecular weight is 482 g/mol. The minimum atomic E-state index is 0. The van der Waals surface area contributed by atoms with Gasteiger partial charge in [-0.2, -0.15) is 5.10 Å². The zero-order valence-corrected chi connectivity index (χ0v) is 17.3.